The molecule has 12 nitrogen and oxygen atoms in total. The third-order valence-electron chi connectivity index (χ3n) is 4.68. The van der Waals surface area contributed by atoms with Crippen LogP contribution in [0.15, 0.2) is 81.3 Å². The highest BCUT2D eigenvalue weighted by atomic mass is 32.2. The molecule has 3 aromatic rings. The van der Waals surface area contributed by atoms with E-state index in [-0.39, 0.29) is 24.7 Å². The summed E-state index contributed by atoms with van der Waals surface area (Å²) in [6, 6.07) is 14.8. The molecule has 0 fully saturated rings. The Morgan fingerprint density at radius 1 is 1.03 bits per heavy atom. The molecule has 0 aliphatic rings. The SMILES string of the molecule is O=C(CC(COCCn1ccc(=O)[nH]c1=O)NS(=O)(=O)c1ccc(Oc2ccccc2)cc1)NO. The number of nitrogens with zero attached hydrogens (tertiary/aromatic N) is 1. The van der Waals surface area contributed by atoms with Crippen molar-refractivity contribution in [2.45, 2.75) is 23.9 Å². The van der Waals surface area contributed by atoms with E-state index in [1.807, 2.05) is 18.2 Å². The number of hydrogen-bond acceptors (Lipinski definition) is 8. The summed E-state index contributed by atoms with van der Waals surface area (Å²) < 4.78 is 40.3. The summed E-state index contributed by atoms with van der Waals surface area (Å²) >= 11 is 0. The number of hydrogen-bond donors (Lipinski definition) is 4. The number of aromatic amines is 1. The monoisotopic (exact) mass is 504 g/mol. The molecular weight excluding hydrogens is 480 g/mol. The van der Waals surface area contributed by atoms with E-state index < -0.39 is 39.6 Å². The maximum absolute atomic E-state index is 12.8. The van der Waals surface area contributed by atoms with Gasteiger partial charge in [-0.3, -0.25) is 24.3 Å². The fourth-order valence-electron chi connectivity index (χ4n) is 3.01. The van der Waals surface area contributed by atoms with Gasteiger partial charge in [-0.05, 0) is 36.4 Å². The number of amides is 1. The quantitative estimate of drug-likeness (QED) is 0.158. The van der Waals surface area contributed by atoms with E-state index in [2.05, 4.69) is 9.71 Å². The predicted molar refractivity (Wildman–Crippen MR) is 124 cm³/mol. The van der Waals surface area contributed by atoms with Crippen molar-refractivity contribution in [1.29, 1.82) is 0 Å². The number of para-hydroxylation sites is 1. The predicted octanol–water partition coefficient (Wildman–Crippen LogP) is 0.588. The molecule has 0 spiro atoms. The zero-order chi connectivity index (χ0) is 25.3. The topological polar surface area (TPSA) is 169 Å². The van der Waals surface area contributed by atoms with Crippen LogP contribution >= 0.6 is 0 Å². The van der Waals surface area contributed by atoms with Gasteiger partial charge >= 0.3 is 5.69 Å². The Bertz CT molecular complexity index is 1340. The molecule has 4 N–H and O–H groups in total. The summed E-state index contributed by atoms with van der Waals surface area (Å²) in [6.07, 6.45) is 0.901. The van der Waals surface area contributed by atoms with E-state index in [9.17, 15) is 22.8 Å². The first-order valence-corrected chi connectivity index (χ1v) is 11.9. The van der Waals surface area contributed by atoms with Crippen LogP contribution in [0.1, 0.15) is 6.42 Å². The van der Waals surface area contributed by atoms with Gasteiger partial charge in [-0.2, -0.15) is 0 Å². The Kier molecular flexibility index (Phi) is 8.92. The van der Waals surface area contributed by atoms with Crippen molar-refractivity contribution in [2.75, 3.05) is 13.2 Å². The minimum atomic E-state index is -4.05. The minimum Gasteiger partial charge on any atom is -0.457 e. The molecule has 1 heterocycles. The second-order valence-electron chi connectivity index (χ2n) is 7.32. The number of sulfonamides is 1. The molecule has 1 unspecified atom stereocenters. The molecule has 35 heavy (non-hydrogen) atoms. The van der Waals surface area contributed by atoms with Gasteiger partial charge in [0, 0.05) is 18.7 Å². The zero-order valence-electron chi connectivity index (χ0n) is 18.4. The Morgan fingerprint density at radius 2 is 1.71 bits per heavy atom. The van der Waals surface area contributed by atoms with Crippen molar-refractivity contribution >= 4 is 15.9 Å². The second-order valence-corrected chi connectivity index (χ2v) is 9.04. The van der Waals surface area contributed by atoms with Crippen molar-refractivity contribution < 1.29 is 27.9 Å². The number of rotatable bonds is 12. The van der Waals surface area contributed by atoms with Gasteiger partial charge in [0.05, 0.1) is 30.7 Å². The lowest BCUT2D eigenvalue weighted by atomic mass is 10.2. The Hall–Kier alpha value is -3.78. The maximum atomic E-state index is 12.8. The number of hydroxylamine groups is 1. The first kappa shape index (κ1) is 25.8. The summed E-state index contributed by atoms with van der Waals surface area (Å²) in [5, 5.41) is 8.83. The molecule has 0 radical (unpaired) electrons. The van der Waals surface area contributed by atoms with Crippen molar-refractivity contribution in [3.8, 4) is 11.5 Å². The highest BCUT2D eigenvalue weighted by molar-refractivity contribution is 7.89. The van der Waals surface area contributed by atoms with Crippen LogP contribution in [0.3, 0.4) is 0 Å². The van der Waals surface area contributed by atoms with Crippen LogP contribution in [0.25, 0.3) is 0 Å². The molecule has 0 aliphatic carbocycles. The highest BCUT2D eigenvalue weighted by Gasteiger charge is 2.23. The normalized spacial score (nSPS) is 12.1. The lowest BCUT2D eigenvalue weighted by Crippen LogP contribution is -2.41. The van der Waals surface area contributed by atoms with E-state index in [1.165, 1.54) is 46.6 Å². The summed E-state index contributed by atoms with van der Waals surface area (Å²) in [5.41, 5.74) is 0.311. The van der Waals surface area contributed by atoms with E-state index >= 15 is 0 Å². The number of benzene rings is 2. The number of carbonyl (C=O) groups is 1. The zero-order valence-corrected chi connectivity index (χ0v) is 19.2. The van der Waals surface area contributed by atoms with Crippen molar-refractivity contribution in [3.05, 3.63) is 87.7 Å². The number of H-pyrrole nitrogens is 1. The smallest absolute Gasteiger partial charge is 0.328 e. The molecule has 0 saturated carbocycles. The molecule has 0 saturated heterocycles. The van der Waals surface area contributed by atoms with Gasteiger partial charge in [0.1, 0.15) is 11.5 Å². The van der Waals surface area contributed by atoms with E-state index in [1.54, 1.807) is 12.1 Å². The number of carbonyl (C=O) groups excluding carboxylic acids is 1. The molecule has 186 valence electrons. The van der Waals surface area contributed by atoms with Gasteiger partial charge in [-0.25, -0.2) is 23.4 Å². The third-order valence-corrected chi connectivity index (χ3v) is 6.22. The van der Waals surface area contributed by atoms with Gasteiger partial charge in [-0.15, -0.1) is 0 Å². The van der Waals surface area contributed by atoms with E-state index in [0.717, 1.165) is 0 Å². The summed E-state index contributed by atoms with van der Waals surface area (Å²) in [4.78, 5) is 36.5. The van der Waals surface area contributed by atoms with E-state index in [4.69, 9.17) is 14.7 Å². The van der Waals surface area contributed by atoms with Crippen LogP contribution in [-0.4, -0.2) is 48.3 Å². The minimum absolute atomic E-state index is 0.00353. The number of nitrogens with one attached hydrogen (secondary N) is 3. The molecular formula is C22H24N4O8S. The largest absolute Gasteiger partial charge is 0.457 e. The third kappa shape index (κ3) is 7.89. The average molecular weight is 505 g/mol. The van der Waals surface area contributed by atoms with E-state index in [0.29, 0.717) is 11.5 Å². The van der Waals surface area contributed by atoms with Crippen LogP contribution < -0.4 is 26.2 Å². The Balaban J connectivity index is 1.61. The van der Waals surface area contributed by atoms with Crippen molar-refractivity contribution in [2.24, 2.45) is 0 Å². The fraction of sp³-hybridized carbons (Fsp3) is 0.227. The Labute approximate surface area is 200 Å². The van der Waals surface area contributed by atoms with Crippen molar-refractivity contribution in [1.82, 2.24) is 19.8 Å². The van der Waals surface area contributed by atoms with Gasteiger partial charge in [0.2, 0.25) is 15.9 Å². The van der Waals surface area contributed by atoms with Crippen LogP contribution in [0, 0.1) is 0 Å². The van der Waals surface area contributed by atoms with Crippen LogP contribution in [-0.2, 0) is 26.1 Å². The molecule has 2 aromatic carbocycles. The first-order chi connectivity index (χ1) is 16.8. The van der Waals surface area contributed by atoms with Gasteiger partial charge in [-0.1, -0.05) is 18.2 Å². The molecule has 1 amide bonds. The standard InChI is InChI=1S/C22H24N4O8S/c27-20-10-11-26(22(29)23-20)12-13-33-15-16(14-21(28)24-30)25-35(31,32)19-8-6-18(7-9-19)34-17-4-2-1-3-5-17/h1-11,16,25,30H,12-15H2,(H,24,28)(H,23,27,29). The molecule has 1 aromatic heterocycles. The molecule has 3 rings (SSSR count). The summed E-state index contributed by atoms with van der Waals surface area (Å²) in [7, 11) is -4.05. The maximum Gasteiger partial charge on any atom is 0.328 e. The lowest BCUT2D eigenvalue weighted by Gasteiger charge is -2.18. The Morgan fingerprint density at radius 3 is 2.37 bits per heavy atom. The number of ether oxygens (including phenoxy) is 2. The second kappa shape index (κ2) is 12.1. The van der Waals surface area contributed by atoms with Crippen molar-refractivity contribution in [3.63, 3.8) is 0 Å². The summed E-state index contributed by atoms with van der Waals surface area (Å²) in [6.45, 7) is -0.138. The van der Waals surface area contributed by atoms with Gasteiger partial charge < -0.3 is 9.47 Å². The van der Waals surface area contributed by atoms with Crippen LogP contribution in [0.5, 0.6) is 11.5 Å². The molecule has 1 atom stereocenters. The van der Waals surface area contributed by atoms with Gasteiger partial charge in [0.25, 0.3) is 5.56 Å². The first-order valence-electron chi connectivity index (χ1n) is 10.4. The average Bonchev–Trinajstić information content (AvgIpc) is 2.83. The lowest BCUT2D eigenvalue weighted by molar-refractivity contribution is -0.129. The fourth-order valence-corrected chi connectivity index (χ4v) is 4.23. The summed E-state index contributed by atoms with van der Waals surface area (Å²) in [5.74, 6) is 0.217. The van der Waals surface area contributed by atoms with Crippen LogP contribution in [0.2, 0.25) is 0 Å². The van der Waals surface area contributed by atoms with Crippen LogP contribution in [0.4, 0.5) is 0 Å². The molecule has 13 heteroatoms. The number of aromatic nitrogens is 2. The molecule has 0 bridgehead atoms. The van der Waals surface area contributed by atoms with Gasteiger partial charge in [0.15, 0.2) is 0 Å². The highest BCUT2D eigenvalue weighted by Crippen LogP contribution is 2.22. The molecule has 0 aliphatic heterocycles.